The summed E-state index contributed by atoms with van der Waals surface area (Å²) >= 11 is 0. The predicted molar refractivity (Wildman–Crippen MR) is 177 cm³/mol. The van der Waals surface area contributed by atoms with E-state index in [0.29, 0.717) is 35.7 Å². The molecule has 0 fully saturated rings. The van der Waals surface area contributed by atoms with Crippen LogP contribution in [0.4, 0.5) is 5.69 Å². The number of aliphatic hydroxyl groups is 1. The van der Waals surface area contributed by atoms with Gasteiger partial charge in [0.2, 0.25) is 5.91 Å². The number of nitrogens with one attached hydrogen (secondary N) is 1. The Kier molecular flexibility index (Phi) is 12.7. The molecule has 0 saturated carbocycles. The van der Waals surface area contributed by atoms with Crippen LogP contribution in [0.1, 0.15) is 66.3 Å². The molecule has 0 radical (unpaired) electrons. The van der Waals surface area contributed by atoms with E-state index in [1.807, 2.05) is 44.2 Å². The van der Waals surface area contributed by atoms with Crippen molar-refractivity contribution in [2.75, 3.05) is 38.7 Å². The summed E-state index contributed by atoms with van der Waals surface area (Å²) in [5.74, 6) is -0.435. The number of carbonyl (C=O) groups excluding carboxylic acids is 3. The monoisotopic (exact) mass is 630 g/mol. The molecule has 1 aliphatic heterocycles. The fourth-order valence-electron chi connectivity index (χ4n) is 5.52. The number of pyridine rings is 1. The van der Waals surface area contributed by atoms with Crippen LogP contribution in [-0.2, 0) is 16.0 Å². The minimum Gasteiger partial charge on any atom is -0.490 e. The SMILES string of the molecule is C[C@@H]1CCCCO[C@@H](CN(C)C(=O)c2ccncc2)[C@@H](C)CN([C@H](C)CO)C(=O)c2cc(NC(=O)Cc3ccccc3)ccc2O1. The van der Waals surface area contributed by atoms with Gasteiger partial charge in [-0.25, -0.2) is 0 Å². The molecule has 3 amide bonds. The lowest BCUT2D eigenvalue weighted by molar-refractivity contribution is -0.115. The maximum Gasteiger partial charge on any atom is 0.258 e. The molecule has 10 nitrogen and oxygen atoms in total. The van der Waals surface area contributed by atoms with Gasteiger partial charge < -0.3 is 29.7 Å². The summed E-state index contributed by atoms with van der Waals surface area (Å²) in [6, 6.07) is 17.4. The van der Waals surface area contributed by atoms with Crippen LogP contribution in [0.3, 0.4) is 0 Å². The van der Waals surface area contributed by atoms with E-state index < -0.39 is 6.04 Å². The number of anilines is 1. The number of aromatic nitrogens is 1. The molecule has 4 atom stereocenters. The summed E-state index contributed by atoms with van der Waals surface area (Å²) in [6.07, 6.45) is 5.27. The average molecular weight is 631 g/mol. The van der Waals surface area contributed by atoms with Crippen molar-refractivity contribution < 1.29 is 29.0 Å². The van der Waals surface area contributed by atoms with Crippen LogP contribution in [-0.4, -0.2) is 89.2 Å². The number of hydrogen-bond acceptors (Lipinski definition) is 7. The second-order valence-corrected chi connectivity index (χ2v) is 12.1. The highest BCUT2D eigenvalue weighted by Crippen LogP contribution is 2.28. The topological polar surface area (TPSA) is 121 Å². The number of carbonyl (C=O) groups is 3. The molecule has 46 heavy (non-hydrogen) atoms. The van der Waals surface area contributed by atoms with Gasteiger partial charge in [0.1, 0.15) is 5.75 Å². The highest BCUT2D eigenvalue weighted by atomic mass is 16.5. The van der Waals surface area contributed by atoms with Crippen molar-refractivity contribution >= 4 is 23.4 Å². The number of nitrogens with zero attached hydrogens (tertiary/aromatic N) is 3. The zero-order valence-electron chi connectivity index (χ0n) is 27.2. The van der Waals surface area contributed by atoms with E-state index in [1.54, 1.807) is 66.5 Å². The molecule has 2 aromatic carbocycles. The second-order valence-electron chi connectivity index (χ2n) is 12.1. The number of fused-ring (bicyclic) bond motifs is 1. The Bertz CT molecular complexity index is 1440. The average Bonchev–Trinajstić information content (AvgIpc) is 3.06. The summed E-state index contributed by atoms with van der Waals surface area (Å²) in [6.45, 7) is 6.60. The molecule has 0 bridgehead atoms. The molecule has 0 aliphatic carbocycles. The molecular weight excluding hydrogens is 584 g/mol. The fourth-order valence-corrected chi connectivity index (χ4v) is 5.52. The van der Waals surface area contributed by atoms with Gasteiger partial charge >= 0.3 is 0 Å². The Morgan fingerprint density at radius 3 is 2.54 bits per heavy atom. The molecule has 1 aromatic heterocycles. The summed E-state index contributed by atoms with van der Waals surface area (Å²) in [7, 11) is 1.74. The number of aliphatic hydroxyl groups excluding tert-OH is 1. The first-order valence-electron chi connectivity index (χ1n) is 16.0. The van der Waals surface area contributed by atoms with Crippen molar-refractivity contribution in [1.82, 2.24) is 14.8 Å². The predicted octanol–water partition coefficient (Wildman–Crippen LogP) is 4.83. The van der Waals surface area contributed by atoms with Crippen molar-refractivity contribution in [2.45, 2.75) is 64.7 Å². The molecule has 10 heteroatoms. The van der Waals surface area contributed by atoms with E-state index in [2.05, 4.69) is 10.3 Å². The maximum atomic E-state index is 14.3. The second kappa shape index (κ2) is 16.9. The van der Waals surface area contributed by atoms with Crippen molar-refractivity contribution in [3.63, 3.8) is 0 Å². The summed E-state index contributed by atoms with van der Waals surface area (Å²) in [5, 5.41) is 13.1. The Labute approximate surface area is 271 Å². The molecule has 4 rings (SSSR count). The molecule has 3 aromatic rings. The third-order valence-electron chi connectivity index (χ3n) is 8.27. The lowest BCUT2D eigenvalue weighted by Crippen LogP contribution is -2.48. The van der Waals surface area contributed by atoms with Gasteiger partial charge in [0, 0.05) is 56.3 Å². The minimum atomic E-state index is -0.513. The summed E-state index contributed by atoms with van der Waals surface area (Å²) in [5.41, 5.74) is 2.20. The normalized spacial score (nSPS) is 20.1. The van der Waals surface area contributed by atoms with E-state index in [0.717, 1.165) is 24.8 Å². The van der Waals surface area contributed by atoms with E-state index >= 15 is 0 Å². The first kappa shape index (κ1) is 34.6. The lowest BCUT2D eigenvalue weighted by Gasteiger charge is -2.36. The quantitative estimate of drug-likeness (QED) is 0.366. The van der Waals surface area contributed by atoms with Crippen LogP contribution in [0, 0.1) is 5.92 Å². The zero-order valence-corrected chi connectivity index (χ0v) is 27.2. The van der Waals surface area contributed by atoms with Crippen molar-refractivity contribution in [3.05, 3.63) is 89.7 Å². The highest BCUT2D eigenvalue weighted by molar-refractivity contribution is 6.00. The van der Waals surface area contributed by atoms with Crippen molar-refractivity contribution in [2.24, 2.45) is 5.92 Å². The van der Waals surface area contributed by atoms with Gasteiger partial charge in [-0.05, 0) is 69.0 Å². The highest BCUT2D eigenvalue weighted by Gasteiger charge is 2.31. The summed E-state index contributed by atoms with van der Waals surface area (Å²) < 4.78 is 12.7. The lowest BCUT2D eigenvalue weighted by atomic mass is 10.0. The maximum absolute atomic E-state index is 14.3. The summed E-state index contributed by atoms with van der Waals surface area (Å²) in [4.78, 5) is 47.6. The molecular formula is C36H46N4O6. The van der Waals surface area contributed by atoms with Gasteiger partial charge in [-0.1, -0.05) is 37.3 Å². The molecule has 2 heterocycles. The van der Waals surface area contributed by atoms with Gasteiger partial charge in [-0.3, -0.25) is 19.4 Å². The van der Waals surface area contributed by atoms with E-state index in [1.165, 1.54) is 0 Å². The van der Waals surface area contributed by atoms with Crippen molar-refractivity contribution in [1.29, 1.82) is 0 Å². The van der Waals surface area contributed by atoms with Crippen LogP contribution in [0.15, 0.2) is 73.1 Å². The molecule has 246 valence electrons. The van der Waals surface area contributed by atoms with Gasteiger partial charge in [0.15, 0.2) is 0 Å². The van der Waals surface area contributed by atoms with Gasteiger partial charge in [0.05, 0.1) is 36.8 Å². The van der Waals surface area contributed by atoms with Crippen LogP contribution < -0.4 is 10.1 Å². The van der Waals surface area contributed by atoms with Crippen LogP contribution in [0.2, 0.25) is 0 Å². The minimum absolute atomic E-state index is 0.143. The Morgan fingerprint density at radius 2 is 1.83 bits per heavy atom. The number of hydrogen-bond donors (Lipinski definition) is 2. The number of rotatable bonds is 8. The zero-order chi connectivity index (χ0) is 33.1. The number of benzene rings is 2. The molecule has 0 saturated heterocycles. The molecule has 1 aliphatic rings. The van der Waals surface area contributed by atoms with Crippen molar-refractivity contribution in [3.8, 4) is 5.75 Å². The first-order chi connectivity index (χ1) is 22.2. The third-order valence-corrected chi connectivity index (χ3v) is 8.27. The fraction of sp³-hybridized carbons (Fsp3) is 0.444. The van der Waals surface area contributed by atoms with Gasteiger partial charge in [-0.2, -0.15) is 0 Å². The van der Waals surface area contributed by atoms with Gasteiger partial charge in [-0.15, -0.1) is 0 Å². The van der Waals surface area contributed by atoms with E-state index in [-0.39, 0.29) is 55.4 Å². The van der Waals surface area contributed by atoms with E-state index in [4.69, 9.17) is 9.47 Å². The standard InChI is InChI=1S/C36H46N4O6/c1-25-22-40(26(2)24-41)36(44)31-21-30(38-34(42)20-28-11-6-5-7-12-28)13-14-32(31)46-27(3)10-8-9-19-45-33(25)23-39(4)35(43)29-15-17-37-18-16-29/h5-7,11-18,21,25-27,33,41H,8-10,19-20,22-24H2,1-4H3,(H,38,42)/t25-,26+,27+,33-/m0/s1. The largest absolute Gasteiger partial charge is 0.490 e. The number of amides is 3. The van der Waals surface area contributed by atoms with Crippen LogP contribution in [0.25, 0.3) is 0 Å². The molecule has 0 unspecified atom stereocenters. The molecule has 0 spiro atoms. The Morgan fingerprint density at radius 1 is 1.09 bits per heavy atom. The van der Waals surface area contributed by atoms with E-state index in [9.17, 15) is 19.5 Å². The Balaban J connectivity index is 1.60. The van der Waals surface area contributed by atoms with Crippen LogP contribution in [0.5, 0.6) is 5.75 Å². The third kappa shape index (κ3) is 9.61. The number of ether oxygens (including phenoxy) is 2. The smallest absolute Gasteiger partial charge is 0.258 e. The number of likely N-dealkylation sites (N-methyl/N-ethyl adjacent to an activating group) is 1. The van der Waals surface area contributed by atoms with Crippen LogP contribution >= 0.6 is 0 Å². The Hall–Kier alpha value is -4.28. The first-order valence-corrected chi connectivity index (χ1v) is 16.0. The van der Waals surface area contributed by atoms with Gasteiger partial charge in [0.25, 0.3) is 11.8 Å². The molecule has 2 N–H and O–H groups in total.